The summed E-state index contributed by atoms with van der Waals surface area (Å²) in [6, 6.07) is 9.35. The van der Waals surface area contributed by atoms with Crippen LogP contribution in [-0.4, -0.2) is 129 Å². The van der Waals surface area contributed by atoms with E-state index in [0.29, 0.717) is 56.3 Å². The predicted octanol–water partition coefficient (Wildman–Crippen LogP) is 3.22. The molecule has 336 valence electrons. The fraction of sp³-hybridized carbons (Fsp3) is 0.600. The van der Waals surface area contributed by atoms with Gasteiger partial charge in [0, 0.05) is 45.5 Å². The number of benzene rings is 2. The minimum Gasteiger partial charge on any atom is -0.493 e. The number of hydrogen-bond donors (Lipinski definition) is 4. The van der Waals surface area contributed by atoms with Crippen molar-refractivity contribution in [1.29, 1.82) is 0 Å². The van der Waals surface area contributed by atoms with Gasteiger partial charge < -0.3 is 50.0 Å². The molecule has 0 unspecified atom stereocenters. The highest BCUT2D eigenvalue weighted by atomic mass is 16.5. The molecule has 0 aliphatic carbocycles. The molecule has 61 heavy (non-hydrogen) atoms. The van der Waals surface area contributed by atoms with Crippen molar-refractivity contribution in [3.63, 3.8) is 0 Å². The molecule has 16 nitrogen and oxygen atoms in total. The predicted molar refractivity (Wildman–Crippen MR) is 229 cm³/mol. The van der Waals surface area contributed by atoms with Crippen LogP contribution in [-0.2, 0) is 40.1 Å². The van der Waals surface area contributed by atoms with E-state index < -0.39 is 59.7 Å². The lowest BCUT2D eigenvalue weighted by molar-refractivity contribution is -0.143. The summed E-state index contributed by atoms with van der Waals surface area (Å²) in [7, 11) is 3.17. The lowest BCUT2D eigenvalue weighted by Gasteiger charge is -2.30. The molecule has 2 aromatic rings. The van der Waals surface area contributed by atoms with Crippen molar-refractivity contribution < 1.29 is 47.7 Å². The van der Waals surface area contributed by atoms with Crippen LogP contribution in [0.3, 0.4) is 0 Å². The van der Waals surface area contributed by atoms with Crippen LogP contribution in [0.2, 0.25) is 0 Å². The Morgan fingerprint density at radius 1 is 0.836 bits per heavy atom. The van der Waals surface area contributed by atoms with Crippen LogP contribution < -0.4 is 30.7 Å². The minimum atomic E-state index is -1.22. The first-order valence-corrected chi connectivity index (χ1v) is 21.5. The van der Waals surface area contributed by atoms with Crippen molar-refractivity contribution in [3.8, 4) is 11.5 Å². The first kappa shape index (κ1) is 48.4. The van der Waals surface area contributed by atoms with Gasteiger partial charge in [0.15, 0.2) is 0 Å². The molecule has 2 aliphatic heterocycles. The second-order valence-corrected chi connectivity index (χ2v) is 16.8. The number of ether oxygens (including phenoxy) is 4. The molecule has 2 fully saturated rings. The van der Waals surface area contributed by atoms with E-state index in [4.69, 9.17) is 18.9 Å². The van der Waals surface area contributed by atoms with Gasteiger partial charge in [0.05, 0.1) is 19.8 Å². The third-order valence-corrected chi connectivity index (χ3v) is 10.3. The van der Waals surface area contributed by atoms with Gasteiger partial charge in [-0.05, 0) is 75.0 Å². The maximum Gasteiger partial charge on any atom is 0.252 e. The van der Waals surface area contributed by atoms with E-state index in [1.165, 1.54) is 16.7 Å². The van der Waals surface area contributed by atoms with Crippen LogP contribution in [0.1, 0.15) is 89.1 Å². The zero-order valence-corrected chi connectivity index (χ0v) is 36.8. The Bertz CT molecular complexity index is 1770. The van der Waals surface area contributed by atoms with Crippen molar-refractivity contribution in [3.05, 3.63) is 59.7 Å². The molecule has 2 aliphatic rings. The van der Waals surface area contributed by atoms with E-state index in [9.17, 15) is 28.8 Å². The van der Waals surface area contributed by atoms with Gasteiger partial charge in [-0.2, -0.15) is 0 Å². The second-order valence-electron chi connectivity index (χ2n) is 16.8. The van der Waals surface area contributed by atoms with E-state index in [0.717, 1.165) is 12.0 Å². The zero-order valence-electron chi connectivity index (χ0n) is 36.8. The first-order valence-electron chi connectivity index (χ1n) is 21.5. The van der Waals surface area contributed by atoms with Crippen LogP contribution in [0.5, 0.6) is 11.5 Å². The molecule has 0 radical (unpaired) electrons. The molecule has 5 atom stereocenters. The molecule has 16 heteroatoms. The van der Waals surface area contributed by atoms with Crippen LogP contribution in [0.15, 0.2) is 48.5 Å². The highest BCUT2D eigenvalue weighted by Gasteiger charge is 2.39. The normalized spacial score (nSPS) is 22.6. The molecule has 0 aromatic heterocycles. The molecular formula is C45H66N6O10. The molecule has 2 aromatic carbocycles. The Morgan fingerprint density at radius 3 is 2.16 bits per heavy atom. The van der Waals surface area contributed by atoms with Gasteiger partial charge in [-0.3, -0.25) is 28.8 Å². The smallest absolute Gasteiger partial charge is 0.252 e. The number of nitrogens with zero attached hydrogens (tertiary/aromatic N) is 2. The Balaban J connectivity index is 1.58. The lowest BCUT2D eigenvalue weighted by atomic mass is 10.0. The van der Waals surface area contributed by atoms with Gasteiger partial charge in [-0.25, -0.2) is 0 Å². The fourth-order valence-electron chi connectivity index (χ4n) is 6.92. The zero-order chi connectivity index (χ0) is 44.5. The largest absolute Gasteiger partial charge is 0.493 e. The maximum atomic E-state index is 14.1. The third kappa shape index (κ3) is 15.6. The van der Waals surface area contributed by atoms with Crippen molar-refractivity contribution in [2.45, 2.75) is 110 Å². The quantitative estimate of drug-likeness (QED) is 0.247. The summed E-state index contributed by atoms with van der Waals surface area (Å²) >= 11 is 0. The number of carbonyl (C=O) groups is 6. The number of amides is 6. The van der Waals surface area contributed by atoms with Crippen molar-refractivity contribution in [2.75, 3.05) is 53.7 Å². The SMILES string of the molecule is CC(C)CCOc1cc(OCc2ccccc2)cc(C(=O)N[C@H]2COCCCCOC[C@@H](C(=O)N(C)C)NC(=O)[C@@H]3CCCN3C(=O)[C@H](C)NC(=O)[C@H](CC(C)C)NC2=O)c1. The van der Waals surface area contributed by atoms with E-state index in [-0.39, 0.29) is 56.8 Å². The monoisotopic (exact) mass is 850 g/mol. The molecule has 2 heterocycles. The maximum absolute atomic E-state index is 14.1. The van der Waals surface area contributed by atoms with Crippen LogP contribution in [0.4, 0.5) is 0 Å². The summed E-state index contributed by atoms with van der Waals surface area (Å²) in [6.45, 7) is 10.7. The standard InChI is InChI=1S/C45H66N6O10/c1-29(2)17-21-60-34-23-33(24-35(25-34)61-26-32-14-9-8-10-15-32)40(52)48-37-27-58-19-11-12-20-59-28-38(45(57)50(6)7)49-43(55)39-16-13-18-51(39)44(56)31(5)46-41(53)36(22-30(3)4)47-42(37)54/h8-10,14-15,23-25,29-31,36-39H,11-13,16-22,26-28H2,1-7H3,(H,46,53)(H,47,54)(H,48,52)(H,49,55)/t31-,36-,37-,38-,39-/m0/s1. The van der Waals surface area contributed by atoms with Gasteiger partial charge in [-0.15, -0.1) is 0 Å². The number of hydrogen-bond acceptors (Lipinski definition) is 10. The summed E-state index contributed by atoms with van der Waals surface area (Å²) in [4.78, 5) is 85.1. The Morgan fingerprint density at radius 2 is 1.51 bits per heavy atom. The van der Waals surface area contributed by atoms with Gasteiger partial charge in [0.25, 0.3) is 5.91 Å². The van der Waals surface area contributed by atoms with E-state index in [1.54, 1.807) is 32.3 Å². The molecule has 4 rings (SSSR count). The number of likely N-dealkylation sites (N-methyl/N-ethyl adjacent to an activating group) is 1. The topological polar surface area (TPSA) is 194 Å². The van der Waals surface area contributed by atoms with Gasteiger partial charge in [-0.1, -0.05) is 58.0 Å². The molecule has 0 saturated carbocycles. The summed E-state index contributed by atoms with van der Waals surface area (Å²) in [6.07, 6.45) is 3.04. The molecule has 0 bridgehead atoms. The van der Waals surface area contributed by atoms with Gasteiger partial charge >= 0.3 is 0 Å². The van der Waals surface area contributed by atoms with Crippen molar-refractivity contribution in [1.82, 2.24) is 31.1 Å². The number of fused-ring (bicyclic) bond motifs is 1. The van der Waals surface area contributed by atoms with E-state index in [1.807, 2.05) is 44.2 Å². The van der Waals surface area contributed by atoms with E-state index >= 15 is 0 Å². The first-order chi connectivity index (χ1) is 29.1. The van der Waals surface area contributed by atoms with Crippen LogP contribution >= 0.6 is 0 Å². The average molecular weight is 851 g/mol. The Labute approximate surface area is 360 Å². The van der Waals surface area contributed by atoms with Crippen molar-refractivity contribution >= 4 is 35.4 Å². The highest BCUT2D eigenvalue weighted by Crippen LogP contribution is 2.25. The third-order valence-electron chi connectivity index (χ3n) is 10.3. The Kier molecular flexibility index (Phi) is 19.3. The van der Waals surface area contributed by atoms with Crippen LogP contribution in [0.25, 0.3) is 0 Å². The molecule has 6 amide bonds. The fourth-order valence-corrected chi connectivity index (χ4v) is 6.92. The second kappa shape index (κ2) is 24.3. The molecule has 4 N–H and O–H groups in total. The van der Waals surface area contributed by atoms with E-state index in [2.05, 4.69) is 35.1 Å². The lowest BCUT2D eigenvalue weighted by Crippen LogP contribution is -2.59. The number of rotatable bonds is 12. The van der Waals surface area contributed by atoms with Crippen molar-refractivity contribution in [2.24, 2.45) is 11.8 Å². The summed E-state index contributed by atoms with van der Waals surface area (Å²) < 4.78 is 23.9. The number of nitrogens with one attached hydrogen (secondary N) is 4. The van der Waals surface area contributed by atoms with Crippen LogP contribution in [0, 0.1) is 11.8 Å². The molecular weight excluding hydrogens is 785 g/mol. The highest BCUT2D eigenvalue weighted by molar-refractivity contribution is 5.99. The molecule has 0 spiro atoms. The molecule has 2 saturated heterocycles. The van der Waals surface area contributed by atoms with Gasteiger partial charge in [0.2, 0.25) is 29.5 Å². The van der Waals surface area contributed by atoms with Gasteiger partial charge in [0.1, 0.15) is 48.3 Å². The number of carbonyl (C=O) groups excluding carboxylic acids is 6. The Hall–Kier alpha value is -5.22. The summed E-state index contributed by atoms with van der Waals surface area (Å²) in [5, 5.41) is 11.1. The average Bonchev–Trinajstić information content (AvgIpc) is 3.72. The summed E-state index contributed by atoms with van der Waals surface area (Å²) in [5.74, 6) is -1.95. The summed E-state index contributed by atoms with van der Waals surface area (Å²) in [5.41, 5.74) is 1.13. The minimum absolute atomic E-state index is 0.0414.